The molecule has 3 aromatic carbocycles. The van der Waals surface area contributed by atoms with E-state index in [1.807, 2.05) is 80.6 Å². The van der Waals surface area contributed by atoms with Crippen molar-refractivity contribution in [1.29, 1.82) is 0 Å². The van der Waals surface area contributed by atoms with E-state index in [2.05, 4.69) is 35.6 Å². The number of aromatic nitrogens is 3. The first-order valence-corrected chi connectivity index (χ1v) is 23.7. The third-order valence-corrected chi connectivity index (χ3v) is 12.3. The van der Waals surface area contributed by atoms with Gasteiger partial charge in [0.15, 0.2) is 0 Å². The summed E-state index contributed by atoms with van der Waals surface area (Å²) in [5.41, 5.74) is 10.3. The van der Waals surface area contributed by atoms with Gasteiger partial charge < -0.3 is 30.5 Å². The van der Waals surface area contributed by atoms with Crippen LogP contribution < -0.4 is 16.0 Å². The number of hydrogen-bond acceptors (Lipinski definition) is 14. The van der Waals surface area contributed by atoms with Crippen molar-refractivity contribution in [2.75, 3.05) is 69.4 Å². The van der Waals surface area contributed by atoms with E-state index < -0.39 is 17.9 Å². The Morgan fingerprint density at radius 2 is 0.808 bits per heavy atom. The number of carboxylic acids is 1. The van der Waals surface area contributed by atoms with E-state index in [9.17, 15) is 33.9 Å². The lowest BCUT2D eigenvalue weighted by molar-refractivity contribution is -0.115. The van der Waals surface area contributed by atoms with Gasteiger partial charge in [-0.3, -0.25) is 29.1 Å². The van der Waals surface area contributed by atoms with Gasteiger partial charge in [-0.15, -0.1) is 0 Å². The molecule has 1 aliphatic rings. The summed E-state index contributed by atoms with van der Waals surface area (Å²) in [6, 6.07) is 29.0. The predicted molar refractivity (Wildman–Crippen MR) is 277 cm³/mol. The monoisotopic (exact) mass is 989 g/mol. The molecule has 0 radical (unpaired) electrons. The number of aryl methyl sites for hydroxylation is 2. The molecule has 0 aliphatic carbocycles. The highest BCUT2D eigenvalue weighted by Gasteiger charge is 2.23. The second kappa shape index (κ2) is 23.8. The zero-order chi connectivity index (χ0) is 52.3. The summed E-state index contributed by atoms with van der Waals surface area (Å²) >= 11 is 0. The fourth-order valence-corrected chi connectivity index (χ4v) is 8.84. The number of aromatic carboxylic acids is 1. The molecule has 0 bridgehead atoms. The lowest BCUT2D eigenvalue weighted by Gasteiger charge is -2.26. The van der Waals surface area contributed by atoms with Crippen molar-refractivity contribution in [3.63, 3.8) is 0 Å². The Labute approximate surface area is 423 Å². The molecule has 0 saturated carbocycles. The normalized spacial score (nSPS) is 13.5. The van der Waals surface area contributed by atoms with E-state index in [0.717, 1.165) is 38.9 Å². The maximum absolute atomic E-state index is 13.1. The van der Waals surface area contributed by atoms with Crippen molar-refractivity contribution in [1.82, 2.24) is 29.7 Å². The summed E-state index contributed by atoms with van der Waals surface area (Å²) in [6.45, 7) is 12.5. The Hall–Kier alpha value is -8.19. The second-order valence-electron chi connectivity index (χ2n) is 18.0. The van der Waals surface area contributed by atoms with Gasteiger partial charge in [0.05, 0.1) is 31.3 Å². The number of amides is 3. The molecule has 18 heteroatoms. The van der Waals surface area contributed by atoms with Crippen LogP contribution in [0.4, 0.5) is 17.1 Å². The molecule has 0 spiro atoms. The number of pyridine rings is 3. The number of esters is 2. The number of carbonyl (C=O) groups excluding carboxylic acids is 5. The standard InChI is InChI=1S/C55H59N9O9/c1-33-22-43(57-36(4)66)12-14-48(33)40-25-46(60-51(28-40)54(70)72-6)31-63-18-16-62(30-45-24-39(27-50(59-45)53(68)69)38-8-10-42(11-9-38)56-35(3)65)17-19-64(21-20-63)32-47-26-41(29-52(61-47)55(71)73-7)49-15-13-44(23-34(49)2)58-37(5)67/h8-15,22-29H,16-21,30-32H2,1-7H3,(H,56,65)(H,57,66)(H,58,67)(H,68,69). The quantitative estimate of drug-likeness (QED) is 0.0733. The van der Waals surface area contributed by atoms with E-state index in [0.29, 0.717) is 98.6 Å². The minimum atomic E-state index is -1.17. The summed E-state index contributed by atoms with van der Waals surface area (Å²) in [7, 11) is 2.62. The lowest BCUT2D eigenvalue weighted by Crippen LogP contribution is -2.36. The number of methoxy groups -OCH3 is 2. The van der Waals surface area contributed by atoms with Gasteiger partial charge in [-0.2, -0.15) is 0 Å². The molecule has 7 rings (SSSR count). The van der Waals surface area contributed by atoms with Gasteiger partial charge in [0.1, 0.15) is 17.1 Å². The molecule has 6 aromatic rings. The summed E-state index contributed by atoms with van der Waals surface area (Å²) in [5, 5.41) is 18.6. The van der Waals surface area contributed by atoms with Crippen molar-refractivity contribution >= 4 is 52.7 Å². The third kappa shape index (κ3) is 14.2. The summed E-state index contributed by atoms with van der Waals surface area (Å²) in [6.07, 6.45) is 0. The maximum Gasteiger partial charge on any atom is 0.356 e. The van der Waals surface area contributed by atoms with Gasteiger partial charge in [0.2, 0.25) is 17.7 Å². The Morgan fingerprint density at radius 1 is 0.466 bits per heavy atom. The highest BCUT2D eigenvalue weighted by atomic mass is 16.5. The molecule has 1 saturated heterocycles. The van der Waals surface area contributed by atoms with Crippen LogP contribution in [0.15, 0.2) is 97.1 Å². The minimum Gasteiger partial charge on any atom is -0.477 e. The van der Waals surface area contributed by atoms with Crippen LogP contribution in [0.25, 0.3) is 33.4 Å². The Bertz CT molecular complexity index is 2930. The lowest BCUT2D eigenvalue weighted by atomic mass is 9.99. The number of carbonyl (C=O) groups is 6. The predicted octanol–water partition coefficient (Wildman–Crippen LogP) is 7.46. The summed E-state index contributed by atoms with van der Waals surface area (Å²) in [4.78, 5) is 94.9. The number of hydrogen-bond donors (Lipinski definition) is 4. The van der Waals surface area contributed by atoms with Gasteiger partial charge >= 0.3 is 17.9 Å². The number of ether oxygens (including phenoxy) is 2. The first-order valence-electron chi connectivity index (χ1n) is 23.7. The van der Waals surface area contributed by atoms with Crippen molar-refractivity contribution in [2.24, 2.45) is 0 Å². The molecule has 1 fully saturated rings. The molecule has 378 valence electrons. The molecule has 3 aromatic heterocycles. The largest absolute Gasteiger partial charge is 0.477 e. The van der Waals surface area contributed by atoms with Crippen molar-refractivity contribution < 1.29 is 43.3 Å². The second-order valence-corrected chi connectivity index (χ2v) is 18.0. The highest BCUT2D eigenvalue weighted by molar-refractivity contribution is 5.93. The van der Waals surface area contributed by atoms with E-state index in [1.165, 1.54) is 41.1 Å². The van der Waals surface area contributed by atoms with Gasteiger partial charge in [-0.25, -0.2) is 29.3 Å². The SMILES string of the molecule is COC(=O)c1cc(-c2ccc(NC(C)=O)cc2C)cc(CN2CCN(Cc3cc(-c4ccc(NC(C)=O)cc4)cc(C(=O)O)n3)CCN(Cc3cc(-c4ccc(NC(C)=O)cc4C)cc(C(=O)OC)n3)CC2)n1. The molecule has 18 nitrogen and oxygen atoms in total. The molecule has 0 atom stereocenters. The Kier molecular flexibility index (Phi) is 17.2. The van der Waals surface area contributed by atoms with Crippen molar-refractivity contribution in [3.05, 3.63) is 142 Å². The average Bonchev–Trinajstić information content (AvgIpc) is 3.43. The van der Waals surface area contributed by atoms with Crippen LogP contribution in [-0.4, -0.2) is 124 Å². The maximum atomic E-state index is 13.1. The molecule has 4 N–H and O–H groups in total. The molecule has 1 aliphatic heterocycles. The number of anilines is 3. The molecule has 73 heavy (non-hydrogen) atoms. The van der Waals surface area contributed by atoms with Crippen molar-refractivity contribution in [3.8, 4) is 33.4 Å². The smallest absolute Gasteiger partial charge is 0.356 e. The van der Waals surface area contributed by atoms with Crippen LogP contribution in [0.1, 0.15) is 80.4 Å². The fraction of sp³-hybridized carbons (Fsp3) is 0.291. The minimum absolute atomic E-state index is 0.106. The van der Waals surface area contributed by atoms with Gasteiger partial charge in [-0.1, -0.05) is 24.3 Å². The molecule has 3 amide bonds. The number of nitrogens with zero attached hydrogens (tertiary/aromatic N) is 6. The van der Waals surface area contributed by atoms with Gasteiger partial charge in [0.25, 0.3) is 0 Å². The van der Waals surface area contributed by atoms with Crippen LogP contribution in [0, 0.1) is 13.8 Å². The zero-order valence-corrected chi connectivity index (χ0v) is 42.0. The fourth-order valence-electron chi connectivity index (χ4n) is 8.84. The number of carboxylic acid groups (broad SMARTS) is 1. The van der Waals surface area contributed by atoms with E-state index >= 15 is 0 Å². The van der Waals surface area contributed by atoms with Crippen LogP contribution in [-0.2, 0) is 43.5 Å². The van der Waals surface area contributed by atoms with Crippen LogP contribution >= 0.6 is 0 Å². The highest BCUT2D eigenvalue weighted by Crippen LogP contribution is 2.30. The first-order chi connectivity index (χ1) is 34.9. The summed E-state index contributed by atoms with van der Waals surface area (Å²) in [5.74, 6) is -2.92. The van der Waals surface area contributed by atoms with E-state index in [1.54, 1.807) is 24.3 Å². The Balaban J connectivity index is 1.23. The molecular formula is C55H59N9O9. The van der Waals surface area contributed by atoms with E-state index in [-0.39, 0.29) is 34.8 Å². The topological polar surface area (TPSA) is 226 Å². The number of nitrogens with one attached hydrogen (secondary N) is 3. The molecule has 0 unspecified atom stereocenters. The van der Waals surface area contributed by atoms with Crippen LogP contribution in [0.5, 0.6) is 0 Å². The molecular weight excluding hydrogens is 931 g/mol. The zero-order valence-electron chi connectivity index (χ0n) is 42.0. The van der Waals surface area contributed by atoms with Crippen LogP contribution in [0.2, 0.25) is 0 Å². The first kappa shape index (κ1) is 52.6. The third-order valence-electron chi connectivity index (χ3n) is 12.3. The van der Waals surface area contributed by atoms with Gasteiger partial charge in [0, 0.05) is 96.7 Å². The van der Waals surface area contributed by atoms with Crippen molar-refractivity contribution in [2.45, 2.75) is 54.3 Å². The molecule has 4 heterocycles. The Morgan fingerprint density at radius 3 is 1.16 bits per heavy atom. The van der Waals surface area contributed by atoms with Gasteiger partial charge in [-0.05, 0) is 131 Å². The van der Waals surface area contributed by atoms with Crippen LogP contribution in [0.3, 0.4) is 0 Å². The number of benzene rings is 3. The number of rotatable bonds is 15. The summed E-state index contributed by atoms with van der Waals surface area (Å²) < 4.78 is 10.3. The average molecular weight is 990 g/mol. The van der Waals surface area contributed by atoms with E-state index in [4.69, 9.17) is 19.4 Å².